The van der Waals surface area contributed by atoms with Crippen molar-refractivity contribution in [1.82, 2.24) is 9.29 Å². The van der Waals surface area contributed by atoms with E-state index in [-0.39, 0.29) is 29.1 Å². The molecule has 1 aliphatic carbocycles. The molecule has 18 heavy (non-hydrogen) atoms. The summed E-state index contributed by atoms with van der Waals surface area (Å²) >= 11 is 5.91. The molecule has 0 amide bonds. The molecule has 0 bridgehead atoms. The molecule has 0 unspecified atom stereocenters. The second-order valence-electron chi connectivity index (χ2n) is 4.23. The number of hydrogen-bond donors (Lipinski definition) is 1. The number of aliphatic hydroxyl groups excluding tert-OH is 1. The van der Waals surface area contributed by atoms with Crippen molar-refractivity contribution in [2.24, 2.45) is 0 Å². The van der Waals surface area contributed by atoms with Gasteiger partial charge in [-0.05, 0) is 18.9 Å². The maximum absolute atomic E-state index is 12.5. The van der Waals surface area contributed by atoms with Gasteiger partial charge in [-0.3, -0.25) is 4.98 Å². The molecule has 1 N–H and O–H groups in total. The minimum absolute atomic E-state index is 0.00650. The number of aromatic nitrogens is 1. The molecule has 0 spiro atoms. The van der Waals surface area contributed by atoms with Crippen LogP contribution in [0.5, 0.6) is 0 Å². The number of aliphatic hydroxyl groups is 1. The summed E-state index contributed by atoms with van der Waals surface area (Å²) in [6, 6.07) is 1.42. The zero-order valence-electron chi connectivity index (χ0n) is 9.79. The van der Waals surface area contributed by atoms with E-state index in [2.05, 4.69) is 4.98 Å². The molecular weight excluding hydrogens is 276 g/mol. The van der Waals surface area contributed by atoms with E-state index in [9.17, 15) is 8.42 Å². The second-order valence-corrected chi connectivity index (χ2v) is 6.50. The summed E-state index contributed by atoms with van der Waals surface area (Å²) in [5.74, 6) is 0. The molecule has 0 aliphatic heterocycles. The highest BCUT2D eigenvalue weighted by Gasteiger charge is 2.35. The van der Waals surface area contributed by atoms with Crippen molar-refractivity contribution in [2.75, 3.05) is 13.2 Å². The molecule has 0 radical (unpaired) electrons. The molecule has 7 heteroatoms. The Morgan fingerprint density at radius 2 is 2.22 bits per heavy atom. The fourth-order valence-electron chi connectivity index (χ4n) is 1.95. The number of nitrogens with zero attached hydrogens (tertiary/aromatic N) is 2. The number of rotatable bonds is 5. The molecule has 1 aromatic rings. The van der Waals surface area contributed by atoms with Crippen LogP contribution in [0.25, 0.3) is 0 Å². The molecule has 0 atom stereocenters. The van der Waals surface area contributed by atoms with Gasteiger partial charge in [0.15, 0.2) is 0 Å². The first-order valence-electron chi connectivity index (χ1n) is 5.79. The van der Waals surface area contributed by atoms with Crippen LogP contribution in [-0.2, 0) is 10.0 Å². The number of halogens is 1. The van der Waals surface area contributed by atoms with E-state index in [0.717, 1.165) is 19.3 Å². The average Bonchev–Trinajstić information content (AvgIpc) is 2.26. The van der Waals surface area contributed by atoms with Gasteiger partial charge in [0.05, 0.1) is 11.6 Å². The molecule has 0 aromatic carbocycles. The lowest BCUT2D eigenvalue weighted by Crippen LogP contribution is -2.45. The molecule has 1 aromatic heterocycles. The fraction of sp³-hybridized carbons (Fsp3) is 0.545. The first kappa shape index (κ1) is 13.7. The summed E-state index contributed by atoms with van der Waals surface area (Å²) in [4.78, 5) is 3.81. The van der Waals surface area contributed by atoms with Gasteiger partial charge >= 0.3 is 0 Å². The molecule has 1 aliphatic rings. The van der Waals surface area contributed by atoms with Crippen LogP contribution in [0.4, 0.5) is 0 Å². The van der Waals surface area contributed by atoms with Crippen LogP contribution in [0.15, 0.2) is 23.4 Å². The molecule has 2 rings (SSSR count). The third-order valence-electron chi connectivity index (χ3n) is 3.12. The Balaban J connectivity index is 2.36. The van der Waals surface area contributed by atoms with E-state index >= 15 is 0 Å². The Morgan fingerprint density at radius 1 is 1.50 bits per heavy atom. The first-order chi connectivity index (χ1) is 8.57. The molecule has 1 fully saturated rings. The van der Waals surface area contributed by atoms with Gasteiger partial charge in [-0.2, -0.15) is 4.31 Å². The average molecular weight is 291 g/mol. The van der Waals surface area contributed by atoms with E-state index in [0.29, 0.717) is 0 Å². The van der Waals surface area contributed by atoms with Gasteiger partial charge in [0, 0.05) is 25.0 Å². The Labute approximate surface area is 111 Å². The summed E-state index contributed by atoms with van der Waals surface area (Å²) in [5, 5.41) is 9.19. The molecule has 0 saturated heterocycles. The SMILES string of the molecule is O=S(=O)(c1cnccc1Cl)N(CCO)C1CCC1. The zero-order chi connectivity index (χ0) is 13.2. The summed E-state index contributed by atoms with van der Waals surface area (Å²) in [7, 11) is -3.68. The maximum Gasteiger partial charge on any atom is 0.246 e. The lowest BCUT2D eigenvalue weighted by molar-refractivity contribution is 0.178. The van der Waals surface area contributed by atoms with Crippen molar-refractivity contribution in [3.63, 3.8) is 0 Å². The van der Waals surface area contributed by atoms with Gasteiger partial charge in [0.1, 0.15) is 4.90 Å². The Hall–Kier alpha value is -0.690. The smallest absolute Gasteiger partial charge is 0.246 e. The Kier molecular flexibility index (Phi) is 4.21. The van der Waals surface area contributed by atoms with Crippen LogP contribution in [0.3, 0.4) is 0 Å². The van der Waals surface area contributed by atoms with E-state index in [1.807, 2.05) is 0 Å². The van der Waals surface area contributed by atoms with E-state index < -0.39 is 10.0 Å². The molecular formula is C11H15ClN2O3S. The van der Waals surface area contributed by atoms with Crippen LogP contribution < -0.4 is 0 Å². The normalized spacial score (nSPS) is 16.8. The second kappa shape index (κ2) is 5.52. The van der Waals surface area contributed by atoms with Crippen molar-refractivity contribution >= 4 is 21.6 Å². The van der Waals surface area contributed by atoms with E-state index in [1.165, 1.54) is 22.8 Å². The lowest BCUT2D eigenvalue weighted by atomic mass is 9.93. The van der Waals surface area contributed by atoms with Crippen molar-refractivity contribution in [2.45, 2.75) is 30.2 Å². The molecule has 1 heterocycles. The number of sulfonamides is 1. The highest BCUT2D eigenvalue weighted by Crippen LogP contribution is 2.31. The van der Waals surface area contributed by atoms with E-state index in [4.69, 9.17) is 16.7 Å². The van der Waals surface area contributed by atoms with Crippen LogP contribution in [0.1, 0.15) is 19.3 Å². The monoisotopic (exact) mass is 290 g/mol. The number of hydrogen-bond acceptors (Lipinski definition) is 4. The van der Waals surface area contributed by atoms with Gasteiger partial charge in [-0.25, -0.2) is 8.42 Å². The van der Waals surface area contributed by atoms with Crippen LogP contribution >= 0.6 is 11.6 Å². The van der Waals surface area contributed by atoms with Gasteiger partial charge < -0.3 is 5.11 Å². The highest BCUT2D eigenvalue weighted by molar-refractivity contribution is 7.89. The molecule has 1 saturated carbocycles. The molecule has 100 valence electrons. The van der Waals surface area contributed by atoms with Crippen LogP contribution in [0, 0.1) is 0 Å². The minimum atomic E-state index is -3.68. The topological polar surface area (TPSA) is 70.5 Å². The lowest BCUT2D eigenvalue weighted by Gasteiger charge is -2.36. The highest BCUT2D eigenvalue weighted by atomic mass is 35.5. The third-order valence-corrected chi connectivity index (χ3v) is 5.54. The predicted octanol–water partition coefficient (Wildman–Crippen LogP) is 1.27. The third kappa shape index (κ3) is 2.51. The first-order valence-corrected chi connectivity index (χ1v) is 7.61. The van der Waals surface area contributed by atoms with Crippen molar-refractivity contribution in [1.29, 1.82) is 0 Å². The van der Waals surface area contributed by atoms with Crippen molar-refractivity contribution in [3.05, 3.63) is 23.5 Å². The maximum atomic E-state index is 12.5. The van der Waals surface area contributed by atoms with Gasteiger partial charge in [0.2, 0.25) is 10.0 Å². The van der Waals surface area contributed by atoms with Gasteiger partial charge in [-0.15, -0.1) is 0 Å². The summed E-state index contributed by atoms with van der Waals surface area (Å²) in [6.07, 6.45) is 5.37. The standard InChI is InChI=1S/C11H15ClN2O3S/c12-10-4-5-13-8-11(10)18(16,17)14(6-7-15)9-2-1-3-9/h4-5,8-9,15H,1-3,6-7H2. The predicted molar refractivity (Wildman–Crippen MR) is 67.9 cm³/mol. The van der Waals surface area contributed by atoms with Crippen LogP contribution in [0.2, 0.25) is 5.02 Å². The van der Waals surface area contributed by atoms with Gasteiger partial charge in [-0.1, -0.05) is 18.0 Å². The van der Waals surface area contributed by atoms with Crippen molar-refractivity contribution in [3.8, 4) is 0 Å². The summed E-state index contributed by atoms with van der Waals surface area (Å²) in [6.45, 7) is -0.105. The summed E-state index contributed by atoms with van der Waals surface area (Å²) in [5.41, 5.74) is 0. The Morgan fingerprint density at radius 3 is 2.72 bits per heavy atom. The zero-order valence-corrected chi connectivity index (χ0v) is 11.4. The van der Waals surface area contributed by atoms with Crippen molar-refractivity contribution < 1.29 is 13.5 Å². The minimum Gasteiger partial charge on any atom is -0.395 e. The van der Waals surface area contributed by atoms with Crippen LogP contribution in [-0.4, -0.2) is 42.0 Å². The van der Waals surface area contributed by atoms with E-state index in [1.54, 1.807) is 0 Å². The Bertz CT molecular complexity index is 517. The number of pyridine rings is 1. The molecule has 5 nitrogen and oxygen atoms in total. The quantitative estimate of drug-likeness (QED) is 0.886. The summed E-state index contributed by atoms with van der Waals surface area (Å²) < 4.78 is 26.3. The fourth-order valence-corrected chi connectivity index (χ4v) is 4.04. The van der Waals surface area contributed by atoms with Gasteiger partial charge in [0.25, 0.3) is 0 Å². The largest absolute Gasteiger partial charge is 0.395 e.